The average molecular weight is 289 g/mol. The highest BCUT2D eigenvalue weighted by atomic mass is 32.2. The second-order valence-corrected chi connectivity index (χ2v) is 7.61. The summed E-state index contributed by atoms with van der Waals surface area (Å²) < 4.78 is 22.7. The zero-order chi connectivity index (χ0) is 13.2. The van der Waals surface area contributed by atoms with Gasteiger partial charge in [-0.05, 0) is 13.5 Å². The van der Waals surface area contributed by atoms with Crippen molar-refractivity contribution in [1.29, 1.82) is 0 Å². The molecule has 1 aliphatic rings. The molecule has 1 N–H and O–H groups in total. The number of rotatable bonds is 4. The Morgan fingerprint density at radius 3 is 2.78 bits per heavy atom. The Morgan fingerprint density at radius 1 is 1.50 bits per heavy atom. The highest BCUT2D eigenvalue weighted by molar-refractivity contribution is 7.91. The zero-order valence-electron chi connectivity index (χ0n) is 10.7. The van der Waals surface area contributed by atoms with Crippen LogP contribution in [0.5, 0.6) is 0 Å². The van der Waals surface area contributed by atoms with Gasteiger partial charge in [0.25, 0.3) is 0 Å². The van der Waals surface area contributed by atoms with E-state index in [0.717, 1.165) is 17.4 Å². The summed E-state index contributed by atoms with van der Waals surface area (Å²) in [5.74, 6) is 0.482. The third-order valence-corrected chi connectivity index (χ3v) is 5.61. The molecule has 1 aliphatic heterocycles. The number of hydrogen-bond donors (Lipinski definition) is 1. The second-order valence-electron chi connectivity index (χ2n) is 4.47. The third kappa shape index (κ3) is 3.21. The Labute approximate surface area is 112 Å². The SMILES string of the molecule is CCNC(C)c1csc(N2CCS(=O)(=O)CC2)n1. The molecule has 0 aliphatic carbocycles. The molecule has 1 atom stereocenters. The maximum Gasteiger partial charge on any atom is 0.185 e. The second kappa shape index (κ2) is 5.54. The van der Waals surface area contributed by atoms with E-state index in [4.69, 9.17) is 0 Å². The molecule has 1 aromatic heterocycles. The van der Waals surface area contributed by atoms with Gasteiger partial charge in [0, 0.05) is 24.5 Å². The van der Waals surface area contributed by atoms with Crippen LogP contribution < -0.4 is 10.2 Å². The lowest BCUT2D eigenvalue weighted by atomic mass is 10.3. The Balaban J connectivity index is 2.02. The third-order valence-electron chi connectivity index (χ3n) is 3.08. The zero-order valence-corrected chi connectivity index (χ0v) is 12.4. The Morgan fingerprint density at radius 2 is 2.17 bits per heavy atom. The number of anilines is 1. The maximum atomic E-state index is 11.4. The van der Waals surface area contributed by atoms with Gasteiger partial charge in [-0.3, -0.25) is 0 Å². The fraction of sp³-hybridized carbons (Fsp3) is 0.727. The number of nitrogens with one attached hydrogen (secondary N) is 1. The number of hydrogen-bond acceptors (Lipinski definition) is 6. The van der Waals surface area contributed by atoms with E-state index in [-0.39, 0.29) is 17.5 Å². The summed E-state index contributed by atoms with van der Waals surface area (Å²) in [7, 11) is -2.82. The first kappa shape index (κ1) is 13.8. The number of sulfone groups is 1. The summed E-state index contributed by atoms with van der Waals surface area (Å²) in [6.45, 7) is 6.19. The minimum Gasteiger partial charge on any atom is -0.346 e. The van der Waals surface area contributed by atoms with Gasteiger partial charge in [-0.25, -0.2) is 13.4 Å². The first-order valence-electron chi connectivity index (χ1n) is 6.16. The van der Waals surface area contributed by atoms with Crippen molar-refractivity contribution >= 4 is 26.3 Å². The lowest BCUT2D eigenvalue weighted by Crippen LogP contribution is -2.40. The Hall–Kier alpha value is -0.660. The van der Waals surface area contributed by atoms with Crippen LogP contribution >= 0.6 is 11.3 Å². The molecule has 1 aromatic rings. The first-order chi connectivity index (χ1) is 8.52. The molecule has 18 heavy (non-hydrogen) atoms. The van der Waals surface area contributed by atoms with Crippen LogP contribution in [0.1, 0.15) is 25.6 Å². The van der Waals surface area contributed by atoms with Gasteiger partial charge < -0.3 is 10.2 Å². The van der Waals surface area contributed by atoms with Crippen LogP contribution in [0.4, 0.5) is 5.13 Å². The van der Waals surface area contributed by atoms with Crippen molar-refractivity contribution in [2.75, 3.05) is 36.0 Å². The molecular weight excluding hydrogens is 270 g/mol. The van der Waals surface area contributed by atoms with Crippen molar-refractivity contribution in [2.45, 2.75) is 19.9 Å². The predicted octanol–water partition coefficient (Wildman–Crippen LogP) is 1.05. The Kier molecular flexibility index (Phi) is 4.24. The van der Waals surface area contributed by atoms with E-state index in [2.05, 4.69) is 29.0 Å². The quantitative estimate of drug-likeness (QED) is 0.897. The molecule has 0 aromatic carbocycles. The van der Waals surface area contributed by atoms with Crippen LogP contribution in [0.15, 0.2) is 5.38 Å². The van der Waals surface area contributed by atoms with Crippen LogP contribution in [0, 0.1) is 0 Å². The molecule has 1 fully saturated rings. The summed E-state index contributed by atoms with van der Waals surface area (Å²) in [6.07, 6.45) is 0. The van der Waals surface area contributed by atoms with Crippen LogP contribution in [-0.4, -0.2) is 44.5 Å². The number of nitrogens with zero attached hydrogens (tertiary/aromatic N) is 2. The standard InChI is InChI=1S/C11H19N3O2S2/c1-3-12-9(2)10-8-17-11(13-10)14-4-6-18(15,16)7-5-14/h8-9,12H,3-7H2,1-2H3. The maximum absolute atomic E-state index is 11.4. The largest absolute Gasteiger partial charge is 0.346 e. The normalized spacial score (nSPS) is 20.9. The van der Waals surface area contributed by atoms with Gasteiger partial charge in [0.15, 0.2) is 15.0 Å². The fourth-order valence-electron chi connectivity index (χ4n) is 1.93. The van der Waals surface area contributed by atoms with Crippen molar-refractivity contribution in [2.24, 2.45) is 0 Å². The van der Waals surface area contributed by atoms with Gasteiger partial charge in [-0.2, -0.15) is 0 Å². The van der Waals surface area contributed by atoms with E-state index in [1.54, 1.807) is 11.3 Å². The van der Waals surface area contributed by atoms with Crippen LogP contribution in [0.3, 0.4) is 0 Å². The summed E-state index contributed by atoms with van der Waals surface area (Å²) in [5.41, 5.74) is 1.03. The molecule has 0 saturated carbocycles. The molecule has 0 radical (unpaired) electrons. The molecule has 0 spiro atoms. The topological polar surface area (TPSA) is 62.3 Å². The summed E-state index contributed by atoms with van der Waals surface area (Å²) in [6, 6.07) is 0.244. The summed E-state index contributed by atoms with van der Waals surface area (Å²) >= 11 is 1.59. The molecule has 2 rings (SSSR count). The number of thiazole rings is 1. The van der Waals surface area contributed by atoms with Gasteiger partial charge in [-0.15, -0.1) is 11.3 Å². The molecule has 5 nitrogen and oxygen atoms in total. The van der Waals surface area contributed by atoms with E-state index < -0.39 is 9.84 Å². The number of aromatic nitrogens is 1. The molecule has 102 valence electrons. The van der Waals surface area contributed by atoms with E-state index in [9.17, 15) is 8.42 Å². The monoisotopic (exact) mass is 289 g/mol. The van der Waals surface area contributed by atoms with Gasteiger partial charge in [-0.1, -0.05) is 6.92 Å². The smallest absolute Gasteiger partial charge is 0.185 e. The molecule has 7 heteroatoms. The Bertz CT molecular complexity index is 484. The highest BCUT2D eigenvalue weighted by Crippen LogP contribution is 2.25. The first-order valence-corrected chi connectivity index (χ1v) is 8.86. The van der Waals surface area contributed by atoms with Crippen LogP contribution in [-0.2, 0) is 9.84 Å². The van der Waals surface area contributed by atoms with Crippen molar-refractivity contribution in [3.63, 3.8) is 0 Å². The summed E-state index contributed by atoms with van der Waals surface area (Å²) in [5, 5.41) is 6.30. The van der Waals surface area contributed by atoms with Crippen LogP contribution in [0.25, 0.3) is 0 Å². The van der Waals surface area contributed by atoms with Crippen molar-refractivity contribution in [3.8, 4) is 0 Å². The minimum absolute atomic E-state index is 0.241. The van der Waals surface area contributed by atoms with Crippen molar-refractivity contribution < 1.29 is 8.42 Å². The molecule has 0 bridgehead atoms. The molecule has 1 unspecified atom stereocenters. The van der Waals surface area contributed by atoms with E-state index >= 15 is 0 Å². The van der Waals surface area contributed by atoms with Gasteiger partial charge in [0.05, 0.1) is 17.2 Å². The molecule has 2 heterocycles. The fourth-order valence-corrected chi connectivity index (χ4v) is 4.11. The van der Waals surface area contributed by atoms with Gasteiger partial charge >= 0.3 is 0 Å². The predicted molar refractivity (Wildman–Crippen MR) is 75.1 cm³/mol. The average Bonchev–Trinajstić information content (AvgIpc) is 2.79. The highest BCUT2D eigenvalue weighted by Gasteiger charge is 2.23. The van der Waals surface area contributed by atoms with Gasteiger partial charge in [0.2, 0.25) is 0 Å². The van der Waals surface area contributed by atoms with E-state index in [1.807, 2.05) is 5.38 Å². The molecular formula is C11H19N3O2S2. The van der Waals surface area contributed by atoms with Gasteiger partial charge in [0.1, 0.15) is 0 Å². The molecule has 1 saturated heterocycles. The van der Waals surface area contributed by atoms with E-state index in [1.165, 1.54) is 0 Å². The van der Waals surface area contributed by atoms with Crippen molar-refractivity contribution in [1.82, 2.24) is 10.3 Å². The van der Waals surface area contributed by atoms with E-state index in [0.29, 0.717) is 13.1 Å². The summed E-state index contributed by atoms with van der Waals surface area (Å²) in [4.78, 5) is 6.65. The lowest BCUT2D eigenvalue weighted by Gasteiger charge is -2.26. The molecule has 0 amide bonds. The van der Waals surface area contributed by atoms with Crippen LogP contribution in [0.2, 0.25) is 0 Å². The minimum atomic E-state index is -2.82. The lowest BCUT2D eigenvalue weighted by molar-refractivity contribution is 0.581. The van der Waals surface area contributed by atoms with Crippen molar-refractivity contribution in [3.05, 3.63) is 11.1 Å².